The minimum atomic E-state index is -0.274. The quantitative estimate of drug-likeness (QED) is 0.522. The van der Waals surface area contributed by atoms with E-state index >= 15 is 0 Å². The fourth-order valence-electron chi connectivity index (χ4n) is 1.62. The lowest BCUT2D eigenvalue weighted by Gasteiger charge is -2.18. The van der Waals surface area contributed by atoms with Crippen molar-refractivity contribution in [2.45, 2.75) is 39.2 Å². The van der Waals surface area contributed by atoms with E-state index in [-0.39, 0.29) is 17.9 Å². The van der Waals surface area contributed by atoms with Gasteiger partial charge in [0.2, 0.25) is 5.91 Å². The monoisotopic (exact) mass is 258 g/mol. The SMILES string of the molecule is COC(=O)C(CC(C)C)NCCCC(=O)N(C)C. The molecule has 0 fully saturated rings. The number of methoxy groups -OCH3 is 1. The maximum Gasteiger partial charge on any atom is 0.322 e. The van der Waals surface area contributed by atoms with E-state index in [1.807, 2.05) is 0 Å². The van der Waals surface area contributed by atoms with Crippen LogP contribution < -0.4 is 5.32 Å². The summed E-state index contributed by atoms with van der Waals surface area (Å²) >= 11 is 0. The van der Waals surface area contributed by atoms with Gasteiger partial charge < -0.3 is 15.0 Å². The molecule has 0 aliphatic rings. The molecular weight excluding hydrogens is 232 g/mol. The summed E-state index contributed by atoms with van der Waals surface area (Å²) in [6.45, 7) is 4.77. The van der Waals surface area contributed by atoms with Gasteiger partial charge in [0.1, 0.15) is 6.04 Å². The van der Waals surface area contributed by atoms with E-state index in [1.165, 1.54) is 7.11 Å². The Hall–Kier alpha value is -1.10. The van der Waals surface area contributed by atoms with Crippen molar-refractivity contribution in [3.63, 3.8) is 0 Å². The Kier molecular flexibility index (Phi) is 8.37. The van der Waals surface area contributed by atoms with E-state index in [0.717, 1.165) is 12.8 Å². The van der Waals surface area contributed by atoms with Crippen LogP contribution in [0.5, 0.6) is 0 Å². The number of ether oxygens (including phenoxy) is 1. The van der Waals surface area contributed by atoms with Crippen molar-refractivity contribution in [1.82, 2.24) is 10.2 Å². The highest BCUT2D eigenvalue weighted by atomic mass is 16.5. The third kappa shape index (κ3) is 7.27. The zero-order chi connectivity index (χ0) is 14.1. The van der Waals surface area contributed by atoms with E-state index in [9.17, 15) is 9.59 Å². The molecule has 5 nitrogen and oxygen atoms in total. The van der Waals surface area contributed by atoms with Crippen LogP contribution in [0.25, 0.3) is 0 Å². The zero-order valence-corrected chi connectivity index (χ0v) is 12.2. The van der Waals surface area contributed by atoms with Crippen LogP contribution in [-0.4, -0.2) is 50.6 Å². The molecule has 5 heteroatoms. The van der Waals surface area contributed by atoms with E-state index in [1.54, 1.807) is 19.0 Å². The number of amides is 1. The van der Waals surface area contributed by atoms with Gasteiger partial charge in [0.05, 0.1) is 7.11 Å². The van der Waals surface area contributed by atoms with Crippen LogP contribution in [-0.2, 0) is 14.3 Å². The number of rotatable bonds is 8. The molecule has 0 aromatic carbocycles. The first-order valence-corrected chi connectivity index (χ1v) is 6.39. The molecular formula is C13H26N2O3. The van der Waals surface area contributed by atoms with Gasteiger partial charge in [-0.15, -0.1) is 0 Å². The third-order valence-corrected chi connectivity index (χ3v) is 2.65. The van der Waals surface area contributed by atoms with Crippen LogP contribution in [0.4, 0.5) is 0 Å². The minimum absolute atomic E-state index is 0.107. The lowest BCUT2D eigenvalue weighted by molar-refractivity contribution is -0.143. The average molecular weight is 258 g/mol. The fraction of sp³-hybridized carbons (Fsp3) is 0.846. The van der Waals surface area contributed by atoms with Crippen LogP contribution in [0.2, 0.25) is 0 Å². The van der Waals surface area contributed by atoms with Gasteiger partial charge in [0.15, 0.2) is 0 Å². The summed E-state index contributed by atoms with van der Waals surface area (Å²) in [6, 6.07) is -0.274. The summed E-state index contributed by atoms with van der Waals surface area (Å²) in [5.41, 5.74) is 0. The maximum atomic E-state index is 11.5. The summed E-state index contributed by atoms with van der Waals surface area (Å²) < 4.78 is 4.75. The highest BCUT2D eigenvalue weighted by Gasteiger charge is 2.19. The van der Waals surface area contributed by atoms with Crippen molar-refractivity contribution in [2.24, 2.45) is 5.92 Å². The molecule has 0 aromatic heterocycles. The summed E-state index contributed by atoms with van der Waals surface area (Å²) in [5, 5.41) is 3.15. The molecule has 0 saturated carbocycles. The van der Waals surface area contributed by atoms with Gasteiger partial charge in [0, 0.05) is 20.5 Å². The van der Waals surface area contributed by atoms with Gasteiger partial charge in [-0.2, -0.15) is 0 Å². The molecule has 0 heterocycles. The predicted octanol–water partition coefficient (Wildman–Crippen LogP) is 1.03. The first-order chi connectivity index (χ1) is 8.38. The summed E-state index contributed by atoms with van der Waals surface area (Å²) in [4.78, 5) is 24.5. The molecule has 0 aliphatic carbocycles. The number of esters is 1. The zero-order valence-electron chi connectivity index (χ0n) is 12.2. The highest BCUT2D eigenvalue weighted by molar-refractivity contribution is 5.76. The molecule has 1 atom stereocenters. The Morgan fingerprint density at radius 2 is 1.89 bits per heavy atom. The number of nitrogens with zero attached hydrogens (tertiary/aromatic N) is 1. The third-order valence-electron chi connectivity index (χ3n) is 2.65. The molecule has 106 valence electrons. The molecule has 0 aromatic rings. The fourth-order valence-corrected chi connectivity index (χ4v) is 1.62. The van der Waals surface area contributed by atoms with Crippen molar-refractivity contribution >= 4 is 11.9 Å². The van der Waals surface area contributed by atoms with Crippen molar-refractivity contribution in [1.29, 1.82) is 0 Å². The molecule has 0 spiro atoms. The largest absolute Gasteiger partial charge is 0.468 e. The standard InChI is InChI=1S/C13H26N2O3/c1-10(2)9-11(13(17)18-5)14-8-6-7-12(16)15(3)4/h10-11,14H,6-9H2,1-5H3. The van der Waals surface area contributed by atoms with Crippen LogP contribution in [0.1, 0.15) is 33.1 Å². The Labute approximate surface area is 110 Å². The first kappa shape index (κ1) is 16.9. The molecule has 0 rings (SSSR count). The second-order valence-electron chi connectivity index (χ2n) is 5.05. The van der Waals surface area contributed by atoms with Gasteiger partial charge in [-0.25, -0.2) is 0 Å². The van der Waals surface area contributed by atoms with E-state index in [2.05, 4.69) is 19.2 Å². The molecule has 1 N–H and O–H groups in total. The number of hydrogen-bond donors (Lipinski definition) is 1. The molecule has 1 amide bonds. The second kappa shape index (κ2) is 8.91. The Morgan fingerprint density at radius 3 is 2.33 bits per heavy atom. The van der Waals surface area contributed by atoms with Crippen LogP contribution in [0.15, 0.2) is 0 Å². The summed E-state index contributed by atoms with van der Waals surface area (Å²) in [6.07, 6.45) is 1.96. The molecule has 0 aliphatic heterocycles. The van der Waals surface area contributed by atoms with E-state index in [0.29, 0.717) is 18.9 Å². The number of carbonyl (C=O) groups is 2. The Bertz CT molecular complexity index is 265. The van der Waals surface area contributed by atoms with Gasteiger partial charge in [-0.1, -0.05) is 13.8 Å². The van der Waals surface area contributed by atoms with Crippen molar-refractivity contribution in [3.05, 3.63) is 0 Å². The second-order valence-corrected chi connectivity index (χ2v) is 5.05. The van der Waals surface area contributed by atoms with Crippen LogP contribution in [0.3, 0.4) is 0 Å². The molecule has 1 unspecified atom stereocenters. The summed E-state index contributed by atoms with van der Waals surface area (Å²) in [7, 11) is 4.88. The Morgan fingerprint density at radius 1 is 1.28 bits per heavy atom. The molecule has 0 radical (unpaired) electrons. The molecule has 0 saturated heterocycles. The lowest BCUT2D eigenvalue weighted by Crippen LogP contribution is -2.39. The first-order valence-electron chi connectivity index (χ1n) is 6.39. The van der Waals surface area contributed by atoms with Crippen molar-refractivity contribution < 1.29 is 14.3 Å². The van der Waals surface area contributed by atoms with E-state index < -0.39 is 0 Å². The summed E-state index contributed by atoms with van der Waals surface area (Å²) in [5.74, 6) is 0.294. The Balaban J connectivity index is 3.97. The van der Waals surface area contributed by atoms with Gasteiger partial charge in [0.25, 0.3) is 0 Å². The van der Waals surface area contributed by atoms with Gasteiger partial charge in [-0.3, -0.25) is 9.59 Å². The molecule has 0 bridgehead atoms. The van der Waals surface area contributed by atoms with Crippen molar-refractivity contribution in [3.8, 4) is 0 Å². The van der Waals surface area contributed by atoms with Gasteiger partial charge >= 0.3 is 5.97 Å². The normalized spacial score (nSPS) is 12.3. The highest BCUT2D eigenvalue weighted by Crippen LogP contribution is 2.06. The minimum Gasteiger partial charge on any atom is -0.468 e. The average Bonchev–Trinajstić information content (AvgIpc) is 2.30. The number of nitrogens with one attached hydrogen (secondary N) is 1. The molecule has 18 heavy (non-hydrogen) atoms. The van der Waals surface area contributed by atoms with Crippen LogP contribution in [0, 0.1) is 5.92 Å². The van der Waals surface area contributed by atoms with Gasteiger partial charge in [-0.05, 0) is 25.3 Å². The topological polar surface area (TPSA) is 58.6 Å². The predicted molar refractivity (Wildman–Crippen MR) is 71.2 cm³/mol. The smallest absolute Gasteiger partial charge is 0.322 e. The van der Waals surface area contributed by atoms with Crippen molar-refractivity contribution in [2.75, 3.05) is 27.7 Å². The lowest BCUT2D eigenvalue weighted by atomic mass is 10.0. The maximum absolute atomic E-state index is 11.5. The van der Waals surface area contributed by atoms with Crippen LogP contribution >= 0.6 is 0 Å². The number of hydrogen-bond acceptors (Lipinski definition) is 4. The number of carbonyl (C=O) groups excluding carboxylic acids is 2. The van der Waals surface area contributed by atoms with E-state index in [4.69, 9.17) is 4.74 Å².